The number of rotatable bonds is 4. The molecule has 0 bridgehead atoms. The molecular weight excluding hydrogens is 248 g/mol. The molecule has 0 saturated heterocycles. The van der Waals surface area contributed by atoms with Gasteiger partial charge in [0, 0.05) is 11.6 Å². The number of benzene rings is 1. The van der Waals surface area contributed by atoms with E-state index in [9.17, 15) is 4.79 Å². The molecule has 0 aliphatic heterocycles. The van der Waals surface area contributed by atoms with Gasteiger partial charge in [0.25, 0.3) is 0 Å². The maximum absolute atomic E-state index is 12.2. The van der Waals surface area contributed by atoms with Crippen molar-refractivity contribution in [2.45, 2.75) is 32.2 Å². The van der Waals surface area contributed by atoms with Crippen molar-refractivity contribution in [3.8, 4) is 0 Å². The van der Waals surface area contributed by atoms with Crippen LogP contribution >= 0.6 is 11.6 Å². The van der Waals surface area contributed by atoms with Gasteiger partial charge in [-0.3, -0.25) is 4.79 Å². The van der Waals surface area contributed by atoms with Gasteiger partial charge in [0.2, 0.25) is 5.91 Å². The molecule has 1 aliphatic rings. The molecular formula is C14H19ClN2O. The number of hydrogen-bond acceptors (Lipinski definition) is 2. The molecule has 3 N–H and O–H groups in total. The molecule has 2 rings (SSSR count). The summed E-state index contributed by atoms with van der Waals surface area (Å²) in [6.45, 7) is 2.41. The second-order valence-corrected chi connectivity index (χ2v) is 5.52. The first-order chi connectivity index (χ1) is 8.57. The van der Waals surface area contributed by atoms with Gasteiger partial charge in [-0.1, -0.05) is 30.2 Å². The van der Waals surface area contributed by atoms with E-state index >= 15 is 0 Å². The number of nitrogens with one attached hydrogen (secondary N) is 1. The van der Waals surface area contributed by atoms with Crippen molar-refractivity contribution in [2.75, 3.05) is 6.54 Å². The maximum atomic E-state index is 12.2. The monoisotopic (exact) mass is 266 g/mol. The van der Waals surface area contributed by atoms with Crippen molar-refractivity contribution in [2.24, 2.45) is 11.1 Å². The van der Waals surface area contributed by atoms with Gasteiger partial charge in [-0.25, -0.2) is 0 Å². The number of nitrogens with two attached hydrogens (primary N) is 1. The molecule has 1 aliphatic carbocycles. The van der Waals surface area contributed by atoms with E-state index in [4.69, 9.17) is 17.3 Å². The Bertz CT molecular complexity index is 420. The topological polar surface area (TPSA) is 55.1 Å². The molecule has 0 spiro atoms. The summed E-state index contributed by atoms with van der Waals surface area (Å²) in [6, 6.07) is 7.52. The molecule has 1 saturated carbocycles. The zero-order chi connectivity index (χ0) is 13.2. The highest BCUT2D eigenvalue weighted by Gasteiger charge is 2.43. The zero-order valence-electron chi connectivity index (χ0n) is 10.6. The first kappa shape index (κ1) is 13.4. The lowest BCUT2D eigenvalue weighted by Crippen LogP contribution is -2.50. The molecule has 1 atom stereocenters. The second kappa shape index (κ2) is 5.29. The second-order valence-electron chi connectivity index (χ2n) is 5.08. The van der Waals surface area contributed by atoms with E-state index in [0.29, 0.717) is 11.6 Å². The summed E-state index contributed by atoms with van der Waals surface area (Å²) in [4.78, 5) is 12.2. The predicted molar refractivity (Wildman–Crippen MR) is 73.3 cm³/mol. The van der Waals surface area contributed by atoms with E-state index in [2.05, 4.69) is 5.32 Å². The van der Waals surface area contributed by atoms with Crippen molar-refractivity contribution in [3.05, 3.63) is 34.9 Å². The summed E-state index contributed by atoms with van der Waals surface area (Å²) in [5, 5.41) is 3.75. The molecule has 18 heavy (non-hydrogen) atoms. The van der Waals surface area contributed by atoms with Crippen LogP contribution in [-0.4, -0.2) is 12.5 Å². The number of amides is 1. The van der Waals surface area contributed by atoms with E-state index in [0.717, 1.165) is 24.8 Å². The minimum Gasteiger partial charge on any atom is -0.349 e. The third-order valence-corrected chi connectivity index (χ3v) is 4.15. The third-order valence-electron chi connectivity index (χ3n) is 3.90. The maximum Gasteiger partial charge on any atom is 0.227 e. The molecule has 3 nitrogen and oxygen atoms in total. The Morgan fingerprint density at radius 3 is 2.50 bits per heavy atom. The average molecular weight is 267 g/mol. The van der Waals surface area contributed by atoms with Crippen molar-refractivity contribution < 1.29 is 4.79 Å². The van der Waals surface area contributed by atoms with Gasteiger partial charge in [-0.2, -0.15) is 0 Å². The van der Waals surface area contributed by atoms with Gasteiger partial charge >= 0.3 is 0 Å². The molecule has 0 unspecified atom stereocenters. The van der Waals surface area contributed by atoms with Crippen molar-refractivity contribution in [1.29, 1.82) is 0 Å². The van der Waals surface area contributed by atoms with Crippen molar-refractivity contribution in [3.63, 3.8) is 0 Å². The number of hydrogen-bond donors (Lipinski definition) is 2. The van der Waals surface area contributed by atoms with Gasteiger partial charge in [0.1, 0.15) is 0 Å². The van der Waals surface area contributed by atoms with Crippen LogP contribution in [0.1, 0.15) is 37.8 Å². The van der Waals surface area contributed by atoms with E-state index in [-0.39, 0.29) is 17.4 Å². The van der Waals surface area contributed by atoms with Crippen LogP contribution in [0.2, 0.25) is 5.02 Å². The van der Waals surface area contributed by atoms with Crippen LogP contribution in [0.15, 0.2) is 24.3 Å². The highest BCUT2D eigenvalue weighted by Crippen LogP contribution is 2.40. The normalized spacial score (nSPS) is 18.8. The van der Waals surface area contributed by atoms with E-state index in [1.54, 1.807) is 0 Å². The van der Waals surface area contributed by atoms with E-state index in [1.807, 2.05) is 31.2 Å². The van der Waals surface area contributed by atoms with Gasteiger partial charge in [-0.05, 0) is 37.5 Å². The molecule has 1 aromatic rings. The Morgan fingerprint density at radius 1 is 1.44 bits per heavy atom. The smallest absolute Gasteiger partial charge is 0.227 e. The van der Waals surface area contributed by atoms with Gasteiger partial charge in [-0.15, -0.1) is 0 Å². The van der Waals surface area contributed by atoms with Crippen LogP contribution in [0.5, 0.6) is 0 Å². The Kier molecular flexibility index (Phi) is 3.93. The minimum atomic E-state index is -0.319. The minimum absolute atomic E-state index is 0.0150. The van der Waals surface area contributed by atoms with Gasteiger partial charge < -0.3 is 11.1 Å². The standard InChI is InChI=1S/C14H19ClN2O/c1-10(11-3-5-12(15)6-4-11)17-13(18)14(9-16)7-2-8-14/h3-6,10H,2,7-9,16H2,1H3,(H,17,18)/t10-/m0/s1. The van der Waals surface area contributed by atoms with Crippen molar-refractivity contribution >= 4 is 17.5 Å². The highest BCUT2D eigenvalue weighted by atomic mass is 35.5. The summed E-state index contributed by atoms with van der Waals surface area (Å²) in [5.41, 5.74) is 6.46. The summed E-state index contributed by atoms with van der Waals surface area (Å²) < 4.78 is 0. The Balaban J connectivity index is 2.01. The predicted octanol–water partition coefficient (Wildman–Crippen LogP) is 2.65. The first-order valence-electron chi connectivity index (χ1n) is 6.34. The SMILES string of the molecule is C[C@H](NC(=O)C1(CN)CCC1)c1ccc(Cl)cc1. The lowest BCUT2D eigenvalue weighted by molar-refractivity contribution is -0.135. The number of carbonyl (C=O) groups is 1. The number of halogens is 1. The van der Waals surface area contributed by atoms with Crippen LogP contribution in [0.25, 0.3) is 0 Å². The van der Waals surface area contributed by atoms with Crippen LogP contribution in [-0.2, 0) is 4.79 Å². The molecule has 1 fully saturated rings. The quantitative estimate of drug-likeness (QED) is 0.880. The fourth-order valence-corrected chi connectivity index (χ4v) is 2.44. The lowest BCUT2D eigenvalue weighted by Gasteiger charge is -2.39. The van der Waals surface area contributed by atoms with Crippen LogP contribution in [0.3, 0.4) is 0 Å². The van der Waals surface area contributed by atoms with Crippen LogP contribution in [0.4, 0.5) is 0 Å². The first-order valence-corrected chi connectivity index (χ1v) is 6.72. The molecule has 0 radical (unpaired) electrons. The summed E-state index contributed by atoms with van der Waals surface area (Å²) in [6.07, 6.45) is 2.91. The lowest BCUT2D eigenvalue weighted by atomic mass is 9.68. The van der Waals surface area contributed by atoms with Crippen molar-refractivity contribution in [1.82, 2.24) is 5.32 Å². The number of carbonyl (C=O) groups excluding carboxylic acids is 1. The Morgan fingerprint density at radius 2 is 2.06 bits per heavy atom. The Labute approximate surface area is 113 Å². The molecule has 1 aromatic carbocycles. The van der Waals surface area contributed by atoms with Gasteiger partial charge in [0.15, 0.2) is 0 Å². The molecule has 0 aromatic heterocycles. The molecule has 4 heteroatoms. The van der Waals surface area contributed by atoms with Crippen LogP contribution < -0.4 is 11.1 Å². The molecule has 1 amide bonds. The largest absolute Gasteiger partial charge is 0.349 e. The summed E-state index contributed by atoms with van der Waals surface area (Å²) in [7, 11) is 0. The average Bonchev–Trinajstić information content (AvgIpc) is 2.29. The highest BCUT2D eigenvalue weighted by molar-refractivity contribution is 6.30. The van der Waals surface area contributed by atoms with Crippen LogP contribution in [0, 0.1) is 5.41 Å². The molecule has 0 heterocycles. The fourth-order valence-electron chi connectivity index (χ4n) is 2.31. The summed E-state index contributed by atoms with van der Waals surface area (Å²) >= 11 is 5.84. The van der Waals surface area contributed by atoms with E-state index < -0.39 is 0 Å². The third kappa shape index (κ3) is 2.52. The zero-order valence-corrected chi connectivity index (χ0v) is 11.3. The Hall–Kier alpha value is -1.06. The fraction of sp³-hybridized carbons (Fsp3) is 0.500. The summed E-state index contributed by atoms with van der Waals surface area (Å²) in [5.74, 6) is 0.0821. The van der Waals surface area contributed by atoms with E-state index in [1.165, 1.54) is 0 Å². The van der Waals surface area contributed by atoms with Gasteiger partial charge in [0.05, 0.1) is 11.5 Å². The molecule has 98 valence electrons.